The van der Waals surface area contributed by atoms with Crippen molar-refractivity contribution in [3.05, 3.63) is 60.4 Å². The largest absolute Gasteiger partial charge is 0.341 e. The lowest BCUT2D eigenvalue weighted by Crippen LogP contribution is -2.38. The molecule has 1 amide bonds. The number of nitrogens with one attached hydrogen (secondary N) is 1. The topological polar surface area (TPSA) is 74.8 Å². The van der Waals surface area contributed by atoms with Gasteiger partial charge in [0, 0.05) is 31.0 Å². The van der Waals surface area contributed by atoms with Gasteiger partial charge in [-0.1, -0.05) is 42.1 Å². The molecule has 6 nitrogen and oxygen atoms in total. The summed E-state index contributed by atoms with van der Waals surface area (Å²) < 4.78 is 0. The molecule has 0 bridgehead atoms. The van der Waals surface area contributed by atoms with Crippen molar-refractivity contribution in [1.29, 1.82) is 0 Å². The zero-order valence-electron chi connectivity index (χ0n) is 14.9. The lowest BCUT2D eigenvalue weighted by atomic mass is 10.1. The fourth-order valence-electron chi connectivity index (χ4n) is 3.21. The van der Waals surface area contributed by atoms with E-state index in [-0.39, 0.29) is 11.2 Å². The summed E-state index contributed by atoms with van der Waals surface area (Å²) in [6.45, 7) is 1.66. The molecule has 1 saturated heterocycles. The molecule has 1 aliphatic rings. The van der Waals surface area contributed by atoms with Crippen molar-refractivity contribution in [2.75, 3.05) is 13.1 Å². The molecule has 1 atom stereocenters. The molecule has 0 saturated carbocycles. The predicted octanol–water partition coefficient (Wildman–Crippen LogP) is 3.71. The SMILES string of the molecule is O=C([C@H](Sc1n[nH]c(-c2ccncc2)n1)c1ccccc1)N1CCCCC1. The van der Waals surface area contributed by atoms with E-state index in [0.717, 1.165) is 37.1 Å². The standard InChI is InChI=1S/C20H21N5OS/c26-19(25-13-5-2-6-14-25)17(15-7-3-1-4-8-15)27-20-22-18(23-24-20)16-9-11-21-12-10-16/h1,3-4,7-12,17H,2,5-6,13-14H2,(H,22,23,24)/t17-/m1/s1. The minimum Gasteiger partial charge on any atom is -0.341 e. The van der Waals surface area contributed by atoms with Gasteiger partial charge in [-0.2, -0.15) is 0 Å². The summed E-state index contributed by atoms with van der Waals surface area (Å²) in [6, 6.07) is 13.6. The molecule has 1 N–H and O–H groups in total. The van der Waals surface area contributed by atoms with Gasteiger partial charge in [0.15, 0.2) is 5.82 Å². The Labute approximate surface area is 162 Å². The summed E-state index contributed by atoms with van der Waals surface area (Å²) in [5, 5.41) is 7.51. The monoisotopic (exact) mass is 379 g/mol. The van der Waals surface area contributed by atoms with Crippen molar-refractivity contribution in [2.45, 2.75) is 29.7 Å². The number of rotatable bonds is 5. The molecule has 4 rings (SSSR count). The van der Waals surface area contributed by atoms with Crippen molar-refractivity contribution in [1.82, 2.24) is 25.1 Å². The number of H-pyrrole nitrogens is 1. The summed E-state index contributed by atoms with van der Waals surface area (Å²) >= 11 is 1.40. The van der Waals surface area contributed by atoms with E-state index in [4.69, 9.17) is 0 Å². The maximum Gasteiger partial charge on any atom is 0.240 e. The number of benzene rings is 1. The molecule has 3 aromatic rings. The summed E-state index contributed by atoms with van der Waals surface area (Å²) in [6.07, 6.45) is 6.79. The Bertz CT molecular complexity index is 878. The van der Waals surface area contributed by atoms with Crippen LogP contribution < -0.4 is 0 Å². The van der Waals surface area contributed by atoms with Crippen LogP contribution in [0.3, 0.4) is 0 Å². The van der Waals surface area contributed by atoms with Gasteiger partial charge in [-0.05, 0) is 37.0 Å². The fourth-order valence-corrected chi connectivity index (χ4v) is 4.21. The molecule has 1 aliphatic heterocycles. The van der Waals surface area contributed by atoms with Gasteiger partial charge in [-0.25, -0.2) is 4.98 Å². The Kier molecular flexibility index (Phi) is 5.48. The van der Waals surface area contributed by atoms with Crippen LogP contribution in [0, 0.1) is 0 Å². The predicted molar refractivity (Wildman–Crippen MR) is 105 cm³/mol. The maximum atomic E-state index is 13.2. The second kappa shape index (κ2) is 8.35. The second-order valence-electron chi connectivity index (χ2n) is 6.50. The zero-order chi connectivity index (χ0) is 18.5. The Hall–Kier alpha value is -2.67. The highest BCUT2D eigenvalue weighted by molar-refractivity contribution is 8.00. The highest BCUT2D eigenvalue weighted by atomic mass is 32.2. The van der Waals surface area contributed by atoms with Crippen LogP contribution in [0.4, 0.5) is 0 Å². The smallest absolute Gasteiger partial charge is 0.240 e. The number of pyridine rings is 1. The first-order valence-corrected chi connectivity index (χ1v) is 10.0. The van der Waals surface area contributed by atoms with Crippen LogP contribution in [0.15, 0.2) is 60.0 Å². The normalized spacial score (nSPS) is 15.5. The molecule has 138 valence electrons. The van der Waals surface area contributed by atoms with Gasteiger partial charge in [0.1, 0.15) is 5.25 Å². The summed E-state index contributed by atoms with van der Waals surface area (Å²) in [7, 11) is 0. The number of aromatic amines is 1. The summed E-state index contributed by atoms with van der Waals surface area (Å²) in [5.74, 6) is 0.818. The minimum atomic E-state index is -0.342. The van der Waals surface area contributed by atoms with Crippen LogP contribution in [0.2, 0.25) is 0 Å². The Morgan fingerprint density at radius 2 is 1.78 bits per heavy atom. The van der Waals surface area contributed by atoms with Gasteiger partial charge in [-0.15, -0.1) is 5.10 Å². The van der Waals surface area contributed by atoms with E-state index in [1.165, 1.54) is 18.2 Å². The van der Waals surface area contributed by atoms with Crippen molar-refractivity contribution in [3.63, 3.8) is 0 Å². The lowest BCUT2D eigenvalue weighted by molar-refractivity contribution is -0.131. The molecular weight excluding hydrogens is 358 g/mol. The third-order valence-corrected chi connectivity index (χ3v) is 5.74. The highest BCUT2D eigenvalue weighted by Crippen LogP contribution is 2.36. The first-order chi connectivity index (χ1) is 13.3. The molecule has 3 heterocycles. The van der Waals surface area contributed by atoms with Crippen LogP contribution in [-0.2, 0) is 4.79 Å². The molecule has 0 unspecified atom stereocenters. The van der Waals surface area contributed by atoms with Gasteiger partial charge in [-0.3, -0.25) is 14.9 Å². The van der Waals surface area contributed by atoms with Crippen molar-refractivity contribution >= 4 is 17.7 Å². The van der Waals surface area contributed by atoms with Gasteiger partial charge in [0.05, 0.1) is 0 Å². The molecule has 7 heteroatoms. The Balaban J connectivity index is 1.58. The van der Waals surface area contributed by atoms with Gasteiger partial charge >= 0.3 is 0 Å². The Morgan fingerprint density at radius 3 is 2.52 bits per heavy atom. The molecule has 1 aromatic carbocycles. The molecule has 2 aromatic heterocycles. The molecule has 27 heavy (non-hydrogen) atoms. The average molecular weight is 379 g/mol. The lowest BCUT2D eigenvalue weighted by Gasteiger charge is -2.30. The van der Waals surface area contributed by atoms with Crippen molar-refractivity contribution in [3.8, 4) is 11.4 Å². The number of hydrogen-bond donors (Lipinski definition) is 1. The quantitative estimate of drug-likeness (QED) is 0.684. The number of hydrogen-bond acceptors (Lipinski definition) is 5. The number of thioether (sulfide) groups is 1. The van der Waals surface area contributed by atoms with Crippen LogP contribution in [-0.4, -0.2) is 44.1 Å². The minimum absolute atomic E-state index is 0.140. The number of piperidine rings is 1. The van der Waals surface area contributed by atoms with Crippen LogP contribution in [0.1, 0.15) is 30.1 Å². The maximum absolute atomic E-state index is 13.2. The van der Waals surface area contributed by atoms with E-state index in [2.05, 4.69) is 20.2 Å². The number of nitrogens with zero attached hydrogens (tertiary/aromatic N) is 4. The number of aromatic nitrogens is 4. The van der Waals surface area contributed by atoms with E-state index in [0.29, 0.717) is 11.0 Å². The number of carbonyl (C=O) groups is 1. The highest BCUT2D eigenvalue weighted by Gasteiger charge is 2.29. The van der Waals surface area contributed by atoms with E-state index >= 15 is 0 Å². The van der Waals surface area contributed by atoms with Crippen LogP contribution in [0.25, 0.3) is 11.4 Å². The van der Waals surface area contributed by atoms with E-state index < -0.39 is 0 Å². The van der Waals surface area contributed by atoms with Gasteiger partial charge < -0.3 is 4.90 Å². The van der Waals surface area contributed by atoms with E-state index in [1.807, 2.05) is 47.4 Å². The van der Waals surface area contributed by atoms with Gasteiger partial charge in [0.25, 0.3) is 0 Å². The van der Waals surface area contributed by atoms with Crippen molar-refractivity contribution in [2.24, 2.45) is 0 Å². The van der Waals surface area contributed by atoms with E-state index in [1.54, 1.807) is 12.4 Å². The van der Waals surface area contributed by atoms with Gasteiger partial charge in [0.2, 0.25) is 11.1 Å². The summed E-state index contributed by atoms with van der Waals surface area (Å²) in [4.78, 5) is 23.8. The second-order valence-corrected chi connectivity index (χ2v) is 7.57. The fraction of sp³-hybridized carbons (Fsp3) is 0.300. The van der Waals surface area contributed by atoms with Crippen LogP contribution >= 0.6 is 11.8 Å². The van der Waals surface area contributed by atoms with Crippen LogP contribution in [0.5, 0.6) is 0 Å². The number of amides is 1. The third-order valence-electron chi connectivity index (χ3n) is 4.64. The zero-order valence-corrected chi connectivity index (χ0v) is 15.7. The first-order valence-electron chi connectivity index (χ1n) is 9.14. The number of carbonyl (C=O) groups excluding carboxylic acids is 1. The molecule has 1 fully saturated rings. The first kappa shape index (κ1) is 17.7. The summed E-state index contributed by atoms with van der Waals surface area (Å²) in [5.41, 5.74) is 1.90. The average Bonchev–Trinajstić information content (AvgIpc) is 3.22. The molecular formula is C20H21N5OS. The molecule has 0 aliphatic carbocycles. The van der Waals surface area contributed by atoms with E-state index in [9.17, 15) is 4.79 Å². The van der Waals surface area contributed by atoms with Crippen molar-refractivity contribution < 1.29 is 4.79 Å². The molecule has 0 radical (unpaired) electrons. The number of likely N-dealkylation sites (tertiary alicyclic amines) is 1. The molecule has 0 spiro atoms. The Morgan fingerprint density at radius 1 is 1.04 bits per heavy atom. The third kappa shape index (κ3) is 4.19.